The van der Waals surface area contributed by atoms with Crippen LogP contribution >= 0.6 is 11.8 Å². The van der Waals surface area contributed by atoms with Crippen LogP contribution in [0.3, 0.4) is 0 Å². The number of nitrogens with zero attached hydrogens (tertiary/aromatic N) is 1. The maximum atomic E-state index is 11.6. The quantitative estimate of drug-likeness (QED) is 0.811. The van der Waals surface area contributed by atoms with Crippen molar-refractivity contribution in [3.63, 3.8) is 0 Å². The number of pyridine rings is 1. The second kappa shape index (κ2) is 8.12. The zero-order chi connectivity index (χ0) is 12.5. The second-order valence-corrected chi connectivity index (χ2v) is 4.85. The van der Waals surface area contributed by atoms with Crippen LogP contribution in [0.5, 0.6) is 0 Å². The molecule has 0 bridgehead atoms. The van der Waals surface area contributed by atoms with Crippen molar-refractivity contribution in [1.82, 2.24) is 10.3 Å². The average Bonchev–Trinajstić information content (AvgIpc) is 2.36. The predicted octanol–water partition coefficient (Wildman–Crippen LogP) is 2.79. The summed E-state index contributed by atoms with van der Waals surface area (Å²) in [6, 6.07) is 4.03. The highest BCUT2D eigenvalue weighted by Crippen LogP contribution is 2.18. The molecule has 1 N–H and O–H groups in total. The lowest BCUT2D eigenvalue weighted by Gasteiger charge is -2.18. The van der Waals surface area contributed by atoms with Gasteiger partial charge in [-0.2, -0.15) is 11.8 Å². The Morgan fingerprint density at radius 3 is 3.00 bits per heavy atom. The number of hydrogen-bond acceptors (Lipinski definition) is 3. The van der Waals surface area contributed by atoms with Gasteiger partial charge in [0.25, 0.3) is 0 Å². The summed E-state index contributed by atoms with van der Waals surface area (Å²) in [6.45, 7) is 2.16. The molecule has 0 aliphatic heterocycles. The van der Waals surface area contributed by atoms with Crippen LogP contribution in [0.25, 0.3) is 0 Å². The number of unbranched alkanes of at least 4 members (excludes halogenated alkanes) is 1. The van der Waals surface area contributed by atoms with Crippen LogP contribution in [-0.2, 0) is 4.79 Å². The molecule has 0 saturated carbocycles. The Morgan fingerprint density at radius 1 is 1.59 bits per heavy atom. The molecule has 0 fully saturated rings. The molecule has 3 nitrogen and oxygen atoms in total. The van der Waals surface area contributed by atoms with E-state index >= 15 is 0 Å². The molecule has 4 heteroatoms. The first kappa shape index (κ1) is 14.0. The van der Waals surface area contributed by atoms with Gasteiger partial charge in [0, 0.05) is 12.4 Å². The molecule has 17 heavy (non-hydrogen) atoms. The van der Waals surface area contributed by atoms with Crippen molar-refractivity contribution in [3.05, 3.63) is 30.1 Å². The molecule has 1 heterocycles. The van der Waals surface area contributed by atoms with E-state index in [9.17, 15) is 4.79 Å². The van der Waals surface area contributed by atoms with E-state index in [0.717, 1.165) is 24.8 Å². The fourth-order valence-electron chi connectivity index (χ4n) is 1.68. The molecule has 1 atom stereocenters. The lowest BCUT2D eigenvalue weighted by atomic mass is 10.0. The van der Waals surface area contributed by atoms with Gasteiger partial charge in [-0.25, -0.2) is 0 Å². The lowest BCUT2D eigenvalue weighted by molar-refractivity contribution is -0.119. The fraction of sp³-hybridized carbons (Fsp3) is 0.538. The Kier molecular flexibility index (Phi) is 6.70. The summed E-state index contributed by atoms with van der Waals surface area (Å²) in [4.78, 5) is 15.7. The first-order valence-electron chi connectivity index (χ1n) is 5.96. The van der Waals surface area contributed by atoms with Crippen LogP contribution in [0.2, 0.25) is 0 Å². The molecule has 94 valence electrons. The number of nitrogens with one attached hydrogen (secondary N) is 1. The lowest BCUT2D eigenvalue weighted by Crippen LogP contribution is -2.30. The van der Waals surface area contributed by atoms with Crippen molar-refractivity contribution >= 4 is 17.7 Å². The Morgan fingerprint density at radius 2 is 2.41 bits per heavy atom. The first-order valence-corrected chi connectivity index (χ1v) is 7.35. The summed E-state index contributed by atoms with van der Waals surface area (Å²) in [6.07, 6.45) is 8.74. The standard InChI is InChI=1S/C13H20N2OS/c1-3-4-7-12(15-13(16)10-17-2)11-6-5-8-14-9-11/h5-6,8-9,12H,3-4,7,10H2,1-2H3,(H,15,16). The number of rotatable bonds is 7. The number of amides is 1. The molecule has 0 saturated heterocycles. The summed E-state index contributed by atoms with van der Waals surface area (Å²) in [5.41, 5.74) is 1.09. The highest BCUT2D eigenvalue weighted by atomic mass is 32.2. The highest BCUT2D eigenvalue weighted by Gasteiger charge is 2.13. The van der Waals surface area contributed by atoms with Crippen molar-refractivity contribution in [2.45, 2.75) is 32.2 Å². The van der Waals surface area contributed by atoms with E-state index < -0.39 is 0 Å². The zero-order valence-corrected chi connectivity index (χ0v) is 11.3. The van der Waals surface area contributed by atoms with Crippen molar-refractivity contribution in [2.24, 2.45) is 0 Å². The van der Waals surface area contributed by atoms with Gasteiger partial charge in [-0.15, -0.1) is 0 Å². The third kappa shape index (κ3) is 5.22. The van der Waals surface area contributed by atoms with E-state index in [1.165, 1.54) is 0 Å². The summed E-state index contributed by atoms with van der Waals surface area (Å²) < 4.78 is 0. The molecular weight excluding hydrogens is 232 g/mol. The van der Waals surface area contributed by atoms with Crippen LogP contribution in [0.4, 0.5) is 0 Å². The van der Waals surface area contributed by atoms with Crippen molar-refractivity contribution in [3.8, 4) is 0 Å². The van der Waals surface area contributed by atoms with Crippen molar-refractivity contribution in [2.75, 3.05) is 12.0 Å². The van der Waals surface area contributed by atoms with Crippen LogP contribution in [0, 0.1) is 0 Å². The third-order valence-corrected chi connectivity index (χ3v) is 3.09. The minimum atomic E-state index is 0.0995. The van der Waals surface area contributed by atoms with E-state index in [1.54, 1.807) is 18.0 Å². The molecule has 1 rings (SSSR count). The van der Waals surface area contributed by atoms with Crippen LogP contribution in [0.1, 0.15) is 37.8 Å². The van der Waals surface area contributed by atoms with Gasteiger partial charge < -0.3 is 5.32 Å². The Hall–Kier alpha value is -1.03. The van der Waals surface area contributed by atoms with E-state index in [2.05, 4.69) is 17.2 Å². The molecule has 0 aliphatic carbocycles. The summed E-state index contributed by atoms with van der Waals surface area (Å²) >= 11 is 1.54. The molecule has 0 radical (unpaired) electrons. The van der Waals surface area contributed by atoms with Gasteiger partial charge in [-0.1, -0.05) is 25.8 Å². The Labute approximate surface area is 107 Å². The van der Waals surface area contributed by atoms with Gasteiger partial charge in [0.1, 0.15) is 0 Å². The van der Waals surface area contributed by atoms with E-state index in [-0.39, 0.29) is 11.9 Å². The maximum absolute atomic E-state index is 11.6. The maximum Gasteiger partial charge on any atom is 0.230 e. The average molecular weight is 252 g/mol. The number of carbonyl (C=O) groups is 1. The number of thioether (sulfide) groups is 1. The molecule has 1 unspecified atom stereocenters. The van der Waals surface area contributed by atoms with Gasteiger partial charge >= 0.3 is 0 Å². The number of aromatic nitrogens is 1. The largest absolute Gasteiger partial charge is 0.349 e. The van der Waals surface area contributed by atoms with Crippen LogP contribution in [0.15, 0.2) is 24.5 Å². The smallest absolute Gasteiger partial charge is 0.230 e. The molecule has 0 aliphatic rings. The molecular formula is C13H20N2OS. The molecule has 0 spiro atoms. The third-order valence-electron chi connectivity index (χ3n) is 2.54. The minimum absolute atomic E-state index is 0.0995. The van der Waals surface area contributed by atoms with E-state index in [4.69, 9.17) is 0 Å². The van der Waals surface area contributed by atoms with Crippen molar-refractivity contribution in [1.29, 1.82) is 0 Å². The minimum Gasteiger partial charge on any atom is -0.349 e. The Balaban J connectivity index is 2.63. The molecule has 1 aromatic rings. The summed E-state index contributed by atoms with van der Waals surface area (Å²) in [5, 5.41) is 3.07. The topological polar surface area (TPSA) is 42.0 Å². The summed E-state index contributed by atoms with van der Waals surface area (Å²) in [7, 11) is 0. The number of carbonyl (C=O) groups excluding carboxylic acids is 1. The van der Waals surface area contributed by atoms with Crippen LogP contribution in [-0.4, -0.2) is 22.9 Å². The van der Waals surface area contributed by atoms with Gasteiger partial charge in [-0.3, -0.25) is 9.78 Å². The fourth-order valence-corrected chi connectivity index (χ4v) is 2.03. The molecule has 1 aromatic heterocycles. The monoisotopic (exact) mass is 252 g/mol. The molecule has 0 aromatic carbocycles. The molecule has 1 amide bonds. The highest BCUT2D eigenvalue weighted by molar-refractivity contribution is 7.99. The van der Waals surface area contributed by atoms with Gasteiger partial charge in [0.2, 0.25) is 5.91 Å². The second-order valence-electron chi connectivity index (χ2n) is 3.98. The van der Waals surface area contributed by atoms with Gasteiger partial charge in [0.05, 0.1) is 11.8 Å². The summed E-state index contributed by atoms with van der Waals surface area (Å²) in [5.74, 6) is 0.616. The van der Waals surface area contributed by atoms with Crippen molar-refractivity contribution < 1.29 is 4.79 Å². The van der Waals surface area contributed by atoms with Gasteiger partial charge in [0.15, 0.2) is 0 Å². The van der Waals surface area contributed by atoms with Gasteiger partial charge in [-0.05, 0) is 24.3 Å². The Bertz CT molecular complexity index is 329. The first-order chi connectivity index (χ1) is 8.27. The normalized spacial score (nSPS) is 12.1. The van der Waals surface area contributed by atoms with E-state index in [0.29, 0.717) is 5.75 Å². The predicted molar refractivity (Wildman–Crippen MR) is 73.0 cm³/mol. The zero-order valence-electron chi connectivity index (χ0n) is 10.5. The van der Waals surface area contributed by atoms with Crippen LogP contribution < -0.4 is 5.32 Å². The van der Waals surface area contributed by atoms with E-state index in [1.807, 2.05) is 24.6 Å². The SMILES string of the molecule is CCCCC(NC(=O)CSC)c1cccnc1. The number of hydrogen-bond donors (Lipinski definition) is 1.